The molecule has 3 rings (SSSR count). The van der Waals surface area contributed by atoms with Gasteiger partial charge in [-0.2, -0.15) is 0 Å². The van der Waals surface area contributed by atoms with Gasteiger partial charge in [-0.3, -0.25) is 9.69 Å². The van der Waals surface area contributed by atoms with Gasteiger partial charge in [-0.1, -0.05) is 25.1 Å². The van der Waals surface area contributed by atoms with Crippen molar-refractivity contribution in [2.24, 2.45) is 16.0 Å². The van der Waals surface area contributed by atoms with Crippen LogP contribution in [0.5, 0.6) is 5.75 Å². The number of rotatable bonds is 8. The molecule has 30 heavy (non-hydrogen) atoms. The maximum Gasteiger partial charge on any atom is 0.239 e. The minimum absolute atomic E-state index is 0.136. The van der Waals surface area contributed by atoms with Crippen molar-refractivity contribution in [2.45, 2.75) is 19.3 Å². The molecule has 1 aliphatic heterocycles. The molecule has 0 bridgehead atoms. The molecule has 9 heteroatoms. The highest BCUT2D eigenvalue weighted by atomic mass is 16.5. The van der Waals surface area contributed by atoms with Crippen LogP contribution in [0.15, 0.2) is 59.0 Å². The van der Waals surface area contributed by atoms with Crippen LogP contribution in [-0.4, -0.2) is 42.0 Å². The third-order valence-corrected chi connectivity index (χ3v) is 4.59. The van der Waals surface area contributed by atoms with Crippen LogP contribution in [0.1, 0.15) is 19.3 Å². The zero-order valence-electron chi connectivity index (χ0n) is 16.9. The van der Waals surface area contributed by atoms with Crippen molar-refractivity contribution < 1.29 is 9.53 Å². The van der Waals surface area contributed by atoms with E-state index in [1.54, 1.807) is 18.2 Å². The minimum atomic E-state index is -0.355. The minimum Gasteiger partial charge on any atom is -0.459 e. The van der Waals surface area contributed by atoms with E-state index in [-0.39, 0.29) is 18.3 Å². The van der Waals surface area contributed by atoms with Gasteiger partial charge in [-0.15, -0.1) is 10.2 Å². The monoisotopic (exact) mass is 409 g/mol. The van der Waals surface area contributed by atoms with E-state index < -0.39 is 0 Å². The van der Waals surface area contributed by atoms with Gasteiger partial charge in [0.25, 0.3) is 0 Å². The molecular formula is C21H27N7O2. The number of anilines is 2. The van der Waals surface area contributed by atoms with E-state index in [2.05, 4.69) is 32.0 Å². The van der Waals surface area contributed by atoms with E-state index in [4.69, 9.17) is 16.2 Å². The third kappa shape index (κ3) is 6.10. The Balaban J connectivity index is 1.67. The summed E-state index contributed by atoms with van der Waals surface area (Å²) in [7, 11) is 0. The summed E-state index contributed by atoms with van der Waals surface area (Å²) in [6.07, 6.45) is 3.70. The highest BCUT2D eigenvalue weighted by molar-refractivity contribution is 5.91. The fraction of sp³-hybridized carbons (Fsp3) is 0.333. The van der Waals surface area contributed by atoms with Crippen LogP contribution in [0.2, 0.25) is 0 Å². The Labute approximate surface area is 175 Å². The van der Waals surface area contributed by atoms with E-state index in [1.165, 1.54) is 19.3 Å². The van der Waals surface area contributed by atoms with Crippen molar-refractivity contribution in [2.75, 3.05) is 37.2 Å². The Bertz CT molecular complexity index is 923. The van der Waals surface area contributed by atoms with Crippen LogP contribution in [0.3, 0.4) is 0 Å². The Morgan fingerprint density at radius 1 is 1.13 bits per heavy atom. The second-order valence-electron chi connectivity index (χ2n) is 7.00. The predicted molar refractivity (Wildman–Crippen MR) is 117 cm³/mol. The third-order valence-electron chi connectivity index (χ3n) is 4.59. The molecule has 0 saturated carbocycles. The number of benzene rings is 1. The number of carbonyl (C=O) groups excluding carboxylic acids is 1. The summed E-state index contributed by atoms with van der Waals surface area (Å²) in [6.45, 7) is 6.74. The highest BCUT2D eigenvalue weighted by Crippen LogP contribution is 2.31. The lowest BCUT2D eigenvalue weighted by molar-refractivity contribution is -0.114. The van der Waals surface area contributed by atoms with Crippen LogP contribution in [-0.2, 0) is 4.79 Å². The van der Waals surface area contributed by atoms with Crippen molar-refractivity contribution in [3.05, 3.63) is 48.7 Å². The number of hydrogen-bond acceptors (Lipinski definition) is 8. The molecular weight excluding hydrogens is 382 g/mol. The molecule has 158 valence electrons. The van der Waals surface area contributed by atoms with Gasteiger partial charge in [0.1, 0.15) is 23.0 Å². The standard InChI is InChI=1S/C21H27N7O2/c1-15(14-28-11-5-2-6-12-28)30-18-8-4-3-7-16(18)26-27-17-9-10-19(25-21(17)23)24-20(29)13-22/h3-4,7-10H,1-2,5-6,11-14,22H2,(H3,23,24,25,29)/b27-26+. The van der Waals surface area contributed by atoms with E-state index in [0.29, 0.717) is 35.2 Å². The summed E-state index contributed by atoms with van der Waals surface area (Å²) in [5.74, 6) is 1.33. The first-order chi connectivity index (χ1) is 14.5. The number of nitrogens with zero attached hydrogens (tertiary/aromatic N) is 4. The quantitative estimate of drug-likeness (QED) is 0.452. The first-order valence-corrected chi connectivity index (χ1v) is 9.90. The summed E-state index contributed by atoms with van der Waals surface area (Å²) in [5, 5.41) is 11.0. The molecule has 2 heterocycles. The largest absolute Gasteiger partial charge is 0.459 e. The molecule has 2 aromatic rings. The average molecular weight is 409 g/mol. The maximum atomic E-state index is 11.4. The lowest BCUT2D eigenvalue weighted by Gasteiger charge is -2.26. The normalized spacial score (nSPS) is 14.6. The highest BCUT2D eigenvalue weighted by Gasteiger charge is 2.13. The number of aromatic nitrogens is 1. The fourth-order valence-corrected chi connectivity index (χ4v) is 3.10. The second-order valence-corrected chi connectivity index (χ2v) is 7.00. The number of nitrogens with one attached hydrogen (secondary N) is 1. The Hall–Kier alpha value is -3.30. The summed E-state index contributed by atoms with van der Waals surface area (Å²) >= 11 is 0. The molecule has 1 aliphatic rings. The van der Waals surface area contributed by atoms with Crippen molar-refractivity contribution >= 4 is 28.9 Å². The van der Waals surface area contributed by atoms with Crippen LogP contribution >= 0.6 is 0 Å². The first kappa shape index (κ1) is 21.4. The molecule has 1 aromatic carbocycles. The van der Waals surface area contributed by atoms with Crippen LogP contribution in [0.25, 0.3) is 0 Å². The number of nitrogen functional groups attached to an aromatic ring is 1. The van der Waals surface area contributed by atoms with Crippen LogP contribution < -0.4 is 21.5 Å². The lowest BCUT2D eigenvalue weighted by Crippen LogP contribution is -2.32. The maximum absolute atomic E-state index is 11.4. The number of nitrogens with two attached hydrogens (primary N) is 2. The molecule has 9 nitrogen and oxygen atoms in total. The first-order valence-electron chi connectivity index (χ1n) is 9.90. The fourth-order valence-electron chi connectivity index (χ4n) is 3.10. The average Bonchev–Trinajstić information content (AvgIpc) is 2.74. The van der Waals surface area contributed by atoms with E-state index >= 15 is 0 Å². The number of para-hydroxylation sites is 1. The SMILES string of the molecule is C=C(CN1CCCCC1)Oc1ccccc1/N=N/c1ccc(NC(=O)CN)nc1N. The summed E-state index contributed by atoms with van der Waals surface area (Å²) in [6, 6.07) is 10.5. The van der Waals surface area contributed by atoms with Crippen LogP contribution in [0.4, 0.5) is 23.0 Å². The van der Waals surface area contributed by atoms with Gasteiger partial charge in [-0.05, 0) is 50.2 Å². The zero-order chi connectivity index (χ0) is 21.3. The molecule has 0 atom stereocenters. The molecule has 0 aliphatic carbocycles. The molecule has 5 N–H and O–H groups in total. The smallest absolute Gasteiger partial charge is 0.239 e. The molecule has 1 amide bonds. The Morgan fingerprint density at radius 3 is 2.60 bits per heavy atom. The van der Waals surface area contributed by atoms with Crippen LogP contribution in [0, 0.1) is 0 Å². The number of pyridine rings is 1. The summed E-state index contributed by atoms with van der Waals surface area (Å²) in [5.41, 5.74) is 12.1. The molecule has 1 aromatic heterocycles. The molecule has 1 saturated heterocycles. The summed E-state index contributed by atoms with van der Waals surface area (Å²) in [4.78, 5) is 17.8. The predicted octanol–water partition coefficient (Wildman–Crippen LogP) is 3.35. The Kier molecular flexibility index (Phi) is 7.47. The van der Waals surface area contributed by atoms with Crippen molar-refractivity contribution in [1.29, 1.82) is 0 Å². The number of carbonyl (C=O) groups is 1. The van der Waals surface area contributed by atoms with Crippen molar-refractivity contribution in [3.8, 4) is 5.75 Å². The number of ether oxygens (including phenoxy) is 1. The molecule has 0 radical (unpaired) electrons. The van der Waals surface area contributed by atoms with Gasteiger partial charge in [0.15, 0.2) is 11.6 Å². The van der Waals surface area contributed by atoms with Crippen molar-refractivity contribution in [3.63, 3.8) is 0 Å². The molecule has 0 spiro atoms. The number of amides is 1. The number of piperidine rings is 1. The molecule has 1 fully saturated rings. The zero-order valence-corrected chi connectivity index (χ0v) is 16.9. The number of azo groups is 1. The van der Waals surface area contributed by atoms with Gasteiger partial charge in [-0.25, -0.2) is 4.98 Å². The van der Waals surface area contributed by atoms with Gasteiger partial charge in [0, 0.05) is 0 Å². The lowest BCUT2D eigenvalue weighted by atomic mass is 10.1. The topological polar surface area (TPSA) is 131 Å². The molecule has 0 unspecified atom stereocenters. The van der Waals surface area contributed by atoms with Gasteiger partial charge >= 0.3 is 0 Å². The van der Waals surface area contributed by atoms with E-state index in [1.807, 2.05) is 18.2 Å². The second kappa shape index (κ2) is 10.5. The van der Waals surface area contributed by atoms with Gasteiger partial charge in [0.05, 0.1) is 13.1 Å². The Morgan fingerprint density at radius 2 is 1.87 bits per heavy atom. The van der Waals surface area contributed by atoms with Gasteiger partial charge in [0.2, 0.25) is 5.91 Å². The van der Waals surface area contributed by atoms with E-state index in [9.17, 15) is 4.79 Å². The number of likely N-dealkylation sites (tertiary alicyclic amines) is 1. The summed E-state index contributed by atoms with van der Waals surface area (Å²) < 4.78 is 5.95. The van der Waals surface area contributed by atoms with E-state index in [0.717, 1.165) is 13.1 Å². The number of hydrogen-bond donors (Lipinski definition) is 3. The van der Waals surface area contributed by atoms with Gasteiger partial charge < -0.3 is 21.5 Å². The van der Waals surface area contributed by atoms with Crippen molar-refractivity contribution in [1.82, 2.24) is 9.88 Å².